The fourth-order valence-electron chi connectivity index (χ4n) is 5.59. The van der Waals surface area contributed by atoms with Gasteiger partial charge >= 0.3 is 6.18 Å². The average molecular weight is 626 g/mol. The third kappa shape index (κ3) is 9.16. The van der Waals surface area contributed by atoms with E-state index in [-0.39, 0.29) is 18.2 Å². The Morgan fingerprint density at radius 1 is 0.891 bits per heavy atom. The summed E-state index contributed by atoms with van der Waals surface area (Å²) in [6.45, 7) is 4.66. The van der Waals surface area contributed by atoms with Crippen LogP contribution in [0.3, 0.4) is 0 Å². The number of nitrogens with one attached hydrogen (secondary N) is 2. The van der Waals surface area contributed by atoms with Crippen molar-refractivity contribution in [2.24, 2.45) is 10.9 Å². The summed E-state index contributed by atoms with van der Waals surface area (Å²) in [7, 11) is 0. The van der Waals surface area contributed by atoms with Crippen LogP contribution in [0.2, 0.25) is 0 Å². The smallest absolute Gasteiger partial charge is 0.321 e. The Labute approximate surface area is 269 Å². The summed E-state index contributed by atoms with van der Waals surface area (Å²) in [6, 6.07) is 29.4. The van der Waals surface area contributed by atoms with Gasteiger partial charge in [0.2, 0.25) is 0 Å². The molecule has 0 saturated heterocycles. The SMILES string of the molecule is CCCCc1cccc(N=C(/C=C(\CCC)C(F)(F)F)C(=O)Nc2cccc(C(NCC3CC3)c3ccc4ccccc4c3)c2)c1. The molecule has 0 radical (unpaired) electrons. The van der Waals surface area contributed by atoms with Gasteiger partial charge in [0.15, 0.2) is 0 Å². The summed E-state index contributed by atoms with van der Waals surface area (Å²) in [6.07, 6.45) is 1.68. The Hall–Kier alpha value is -4.23. The number of carbonyl (C=O) groups is 1. The molecule has 0 aliphatic heterocycles. The van der Waals surface area contributed by atoms with Crippen LogP contribution in [0.4, 0.5) is 24.5 Å². The number of hydrogen-bond donors (Lipinski definition) is 2. The minimum atomic E-state index is -4.57. The molecule has 4 aromatic carbocycles. The number of aliphatic imine (C=N–C) groups is 1. The number of amides is 1. The molecule has 1 aliphatic carbocycles. The maximum atomic E-state index is 14.0. The molecule has 4 nitrogen and oxygen atoms in total. The van der Waals surface area contributed by atoms with Crippen LogP contribution in [0.25, 0.3) is 10.8 Å². The largest absolute Gasteiger partial charge is 0.412 e. The molecular formula is C39H42F3N3O. The molecule has 5 rings (SSSR count). The van der Waals surface area contributed by atoms with Crippen molar-refractivity contribution < 1.29 is 18.0 Å². The van der Waals surface area contributed by atoms with Crippen molar-refractivity contribution >= 4 is 33.8 Å². The monoisotopic (exact) mass is 625 g/mol. The molecule has 240 valence electrons. The number of carbonyl (C=O) groups excluding carboxylic acids is 1. The van der Waals surface area contributed by atoms with E-state index in [0.717, 1.165) is 59.3 Å². The lowest BCUT2D eigenvalue weighted by atomic mass is 9.95. The second-order valence-electron chi connectivity index (χ2n) is 12.2. The minimum Gasteiger partial charge on any atom is -0.321 e. The van der Waals surface area contributed by atoms with Crippen molar-refractivity contribution in [3.05, 3.63) is 119 Å². The van der Waals surface area contributed by atoms with E-state index in [0.29, 0.717) is 23.7 Å². The lowest BCUT2D eigenvalue weighted by molar-refractivity contribution is -0.110. The van der Waals surface area contributed by atoms with Gasteiger partial charge in [0.05, 0.1) is 11.7 Å². The molecule has 1 fully saturated rings. The fourth-order valence-corrected chi connectivity index (χ4v) is 5.59. The van der Waals surface area contributed by atoms with Gasteiger partial charge < -0.3 is 10.6 Å². The van der Waals surface area contributed by atoms with Crippen molar-refractivity contribution in [3.8, 4) is 0 Å². The van der Waals surface area contributed by atoms with E-state index >= 15 is 0 Å². The van der Waals surface area contributed by atoms with E-state index < -0.39 is 17.7 Å². The molecule has 0 aromatic heterocycles. The fraction of sp³-hybridized carbons (Fsp3) is 0.333. The van der Waals surface area contributed by atoms with E-state index in [1.165, 1.54) is 12.8 Å². The zero-order valence-corrected chi connectivity index (χ0v) is 26.5. The number of rotatable bonds is 14. The maximum absolute atomic E-state index is 14.0. The van der Waals surface area contributed by atoms with Crippen LogP contribution in [0.5, 0.6) is 0 Å². The lowest BCUT2D eigenvalue weighted by Crippen LogP contribution is -2.25. The highest BCUT2D eigenvalue weighted by Gasteiger charge is 2.33. The minimum absolute atomic E-state index is 0.123. The Morgan fingerprint density at radius 2 is 1.65 bits per heavy atom. The average Bonchev–Trinajstić information content (AvgIpc) is 3.88. The summed E-state index contributed by atoms with van der Waals surface area (Å²) >= 11 is 0. The molecule has 1 aliphatic rings. The number of alkyl halides is 3. The summed E-state index contributed by atoms with van der Waals surface area (Å²) < 4.78 is 41.9. The van der Waals surface area contributed by atoms with Crippen LogP contribution < -0.4 is 10.6 Å². The highest BCUT2D eigenvalue weighted by Crippen LogP contribution is 2.32. The Balaban J connectivity index is 1.47. The highest BCUT2D eigenvalue weighted by atomic mass is 19.4. The number of allylic oxidation sites excluding steroid dienone is 1. The summed E-state index contributed by atoms with van der Waals surface area (Å²) in [5.41, 5.74) is 2.96. The predicted octanol–water partition coefficient (Wildman–Crippen LogP) is 10.3. The van der Waals surface area contributed by atoms with Gasteiger partial charge in [-0.3, -0.25) is 4.79 Å². The van der Waals surface area contributed by atoms with E-state index in [1.54, 1.807) is 19.1 Å². The molecule has 0 bridgehead atoms. The van der Waals surface area contributed by atoms with Crippen molar-refractivity contribution in [1.29, 1.82) is 0 Å². The molecule has 1 unspecified atom stereocenters. The topological polar surface area (TPSA) is 53.5 Å². The van der Waals surface area contributed by atoms with E-state index in [2.05, 4.69) is 52.9 Å². The molecular weight excluding hydrogens is 583 g/mol. The Morgan fingerprint density at radius 3 is 2.39 bits per heavy atom. The number of aryl methyl sites for hydroxylation is 1. The maximum Gasteiger partial charge on any atom is 0.412 e. The summed E-state index contributed by atoms with van der Waals surface area (Å²) in [5.74, 6) is -0.0371. The van der Waals surface area contributed by atoms with Gasteiger partial charge in [-0.15, -0.1) is 0 Å². The third-order valence-corrected chi connectivity index (χ3v) is 8.30. The molecule has 1 amide bonds. The number of halogens is 3. The van der Waals surface area contributed by atoms with Gasteiger partial charge in [0.1, 0.15) is 5.71 Å². The summed E-state index contributed by atoms with van der Waals surface area (Å²) in [5, 5.41) is 8.87. The van der Waals surface area contributed by atoms with E-state index in [4.69, 9.17) is 0 Å². The van der Waals surface area contributed by atoms with Gasteiger partial charge in [-0.2, -0.15) is 13.2 Å². The number of nitrogens with zero attached hydrogens (tertiary/aromatic N) is 1. The first-order valence-corrected chi connectivity index (χ1v) is 16.3. The van der Waals surface area contributed by atoms with Crippen molar-refractivity contribution in [2.45, 2.75) is 71.0 Å². The second-order valence-corrected chi connectivity index (χ2v) is 12.2. The molecule has 4 aromatic rings. The van der Waals surface area contributed by atoms with Gasteiger partial charge in [-0.1, -0.05) is 87.4 Å². The van der Waals surface area contributed by atoms with Crippen LogP contribution in [0.1, 0.15) is 75.1 Å². The van der Waals surface area contributed by atoms with Crippen molar-refractivity contribution in [1.82, 2.24) is 5.32 Å². The molecule has 2 N–H and O–H groups in total. The van der Waals surface area contributed by atoms with E-state index in [1.807, 2.05) is 48.5 Å². The van der Waals surface area contributed by atoms with Gasteiger partial charge in [-0.05, 0) is 108 Å². The van der Waals surface area contributed by atoms with Crippen LogP contribution in [-0.4, -0.2) is 24.3 Å². The molecule has 0 spiro atoms. The predicted molar refractivity (Wildman–Crippen MR) is 183 cm³/mol. The van der Waals surface area contributed by atoms with Crippen LogP contribution >= 0.6 is 0 Å². The first kappa shape index (κ1) is 33.1. The van der Waals surface area contributed by atoms with Gasteiger partial charge in [0, 0.05) is 11.3 Å². The number of anilines is 1. The van der Waals surface area contributed by atoms with E-state index in [9.17, 15) is 18.0 Å². The van der Waals surface area contributed by atoms with Crippen molar-refractivity contribution in [2.75, 3.05) is 11.9 Å². The van der Waals surface area contributed by atoms with Gasteiger partial charge in [-0.25, -0.2) is 4.99 Å². The number of unbranched alkanes of at least 4 members (excludes halogenated alkanes) is 1. The Kier molecular flexibility index (Phi) is 11.1. The van der Waals surface area contributed by atoms with Crippen LogP contribution in [0.15, 0.2) is 108 Å². The zero-order valence-electron chi connectivity index (χ0n) is 26.5. The first-order chi connectivity index (χ1) is 22.2. The second kappa shape index (κ2) is 15.4. The zero-order chi connectivity index (χ0) is 32.5. The third-order valence-electron chi connectivity index (χ3n) is 8.30. The molecule has 0 heterocycles. The normalized spacial score (nSPS) is 14.8. The van der Waals surface area contributed by atoms with Gasteiger partial charge in [0.25, 0.3) is 5.91 Å². The quantitative estimate of drug-likeness (QED) is 0.137. The molecule has 1 atom stereocenters. The van der Waals surface area contributed by atoms with Crippen LogP contribution in [-0.2, 0) is 11.2 Å². The number of benzene rings is 4. The Bertz CT molecular complexity index is 1700. The molecule has 7 heteroatoms. The lowest BCUT2D eigenvalue weighted by Gasteiger charge is -2.21. The molecule has 1 saturated carbocycles. The van der Waals surface area contributed by atoms with Crippen LogP contribution in [0, 0.1) is 5.92 Å². The standard InChI is InChI=1S/C39H42F3N3O/c1-3-5-11-27-12-8-16-34(22-27)44-36(25-33(10-4-2)39(40,41)42)38(46)45-35-17-9-15-31(24-35)37(43-26-28-18-19-28)32-21-20-29-13-6-7-14-30(29)23-32/h6-9,12-17,20-25,28,37,43H,3-5,10-11,18-19,26H2,1-2H3,(H,45,46)/b33-25+,44-36?. The van der Waals surface area contributed by atoms with Crippen molar-refractivity contribution in [3.63, 3.8) is 0 Å². The highest BCUT2D eigenvalue weighted by molar-refractivity contribution is 6.47. The first-order valence-electron chi connectivity index (χ1n) is 16.3. The number of fused-ring (bicyclic) bond motifs is 1. The summed E-state index contributed by atoms with van der Waals surface area (Å²) in [4.78, 5) is 18.2. The molecule has 46 heavy (non-hydrogen) atoms. The number of hydrogen-bond acceptors (Lipinski definition) is 3.